The molecule has 22 heavy (non-hydrogen) atoms. The molecule has 0 saturated heterocycles. The Morgan fingerprint density at radius 3 is 2.50 bits per heavy atom. The van der Waals surface area contributed by atoms with Gasteiger partial charge in [0.2, 0.25) is 0 Å². The van der Waals surface area contributed by atoms with Gasteiger partial charge in [0.1, 0.15) is 6.04 Å². The summed E-state index contributed by atoms with van der Waals surface area (Å²) in [7, 11) is 0. The second-order valence-electron chi connectivity index (χ2n) is 5.17. The van der Waals surface area contributed by atoms with Crippen LogP contribution in [0.5, 0.6) is 0 Å². The van der Waals surface area contributed by atoms with E-state index < -0.39 is 0 Å². The Kier molecular flexibility index (Phi) is 4.55. The van der Waals surface area contributed by atoms with Crippen LogP contribution in [0.2, 0.25) is 10.0 Å². The molecule has 0 amide bonds. The van der Waals surface area contributed by atoms with Crippen LogP contribution < -0.4 is 0 Å². The van der Waals surface area contributed by atoms with Crippen LogP contribution in [0.3, 0.4) is 0 Å². The van der Waals surface area contributed by atoms with E-state index in [2.05, 4.69) is 34.8 Å². The Labute approximate surface area is 140 Å². The number of halogens is 2. The summed E-state index contributed by atoms with van der Waals surface area (Å²) in [5, 5.41) is 1.32. The lowest BCUT2D eigenvalue weighted by atomic mass is 10.0. The molecule has 0 radical (unpaired) electrons. The van der Waals surface area contributed by atoms with Crippen molar-refractivity contribution in [3.8, 4) is 0 Å². The summed E-state index contributed by atoms with van der Waals surface area (Å²) in [6.45, 7) is 3.12. The van der Waals surface area contributed by atoms with Crippen LogP contribution in [-0.4, -0.2) is 14.1 Å². The van der Waals surface area contributed by atoms with E-state index in [4.69, 9.17) is 23.2 Å². The fourth-order valence-electron chi connectivity index (χ4n) is 2.76. The average Bonchev–Trinajstić information content (AvgIpc) is 3.15. The standard InChI is InChI=1S/C17H17Cl2N3/c1-2-9-21-10-4-7-15(21)17(22-11-8-20-12-22)16-13(18)5-3-6-14(16)19/h3-8,10-12,17H,2,9H2,1H3. The molecule has 114 valence electrons. The van der Waals surface area contributed by atoms with Gasteiger partial charge < -0.3 is 9.13 Å². The number of nitrogens with zero attached hydrogens (tertiary/aromatic N) is 3. The second-order valence-corrected chi connectivity index (χ2v) is 5.99. The first-order valence-corrected chi connectivity index (χ1v) is 8.04. The Morgan fingerprint density at radius 2 is 1.86 bits per heavy atom. The van der Waals surface area contributed by atoms with Crippen molar-refractivity contribution in [1.82, 2.24) is 14.1 Å². The minimum absolute atomic E-state index is 0.0924. The Bertz CT molecular complexity index is 727. The van der Waals surface area contributed by atoms with Crippen molar-refractivity contribution < 1.29 is 0 Å². The maximum atomic E-state index is 6.46. The normalized spacial score (nSPS) is 12.5. The van der Waals surface area contributed by atoms with Crippen molar-refractivity contribution in [3.05, 3.63) is 76.6 Å². The van der Waals surface area contributed by atoms with Crippen LogP contribution in [0.15, 0.2) is 55.2 Å². The summed E-state index contributed by atoms with van der Waals surface area (Å²) < 4.78 is 4.28. The Morgan fingerprint density at radius 1 is 1.09 bits per heavy atom. The molecule has 3 nitrogen and oxygen atoms in total. The van der Waals surface area contributed by atoms with E-state index in [0.717, 1.165) is 24.2 Å². The van der Waals surface area contributed by atoms with Crippen molar-refractivity contribution in [2.75, 3.05) is 0 Å². The van der Waals surface area contributed by atoms with E-state index >= 15 is 0 Å². The predicted molar refractivity (Wildman–Crippen MR) is 90.7 cm³/mol. The fourth-order valence-corrected chi connectivity index (χ4v) is 3.37. The summed E-state index contributed by atoms with van der Waals surface area (Å²) in [6, 6.07) is 9.69. The summed E-state index contributed by atoms with van der Waals surface area (Å²) in [4.78, 5) is 4.18. The molecule has 0 aliphatic rings. The highest BCUT2D eigenvalue weighted by Gasteiger charge is 2.24. The van der Waals surface area contributed by atoms with Crippen LogP contribution in [-0.2, 0) is 6.54 Å². The minimum Gasteiger partial charge on any atom is -0.349 e. The van der Waals surface area contributed by atoms with Gasteiger partial charge in [-0.25, -0.2) is 4.98 Å². The SMILES string of the molecule is CCCn1cccc1C(c1c(Cl)cccc1Cl)n1ccnc1. The highest BCUT2D eigenvalue weighted by Crippen LogP contribution is 2.36. The molecular formula is C17H17Cl2N3. The van der Waals surface area contributed by atoms with Crippen molar-refractivity contribution in [1.29, 1.82) is 0 Å². The summed E-state index contributed by atoms with van der Waals surface area (Å²) in [5.41, 5.74) is 2.05. The number of rotatable bonds is 5. The molecule has 1 atom stereocenters. The number of imidazole rings is 1. The summed E-state index contributed by atoms with van der Waals surface area (Å²) >= 11 is 12.9. The lowest BCUT2D eigenvalue weighted by Crippen LogP contribution is -2.16. The molecule has 3 rings (SSSR count). The lowest BCUT2D eigenvalue weighted by molar-refractivity contribution is 0.578. The number of hydrogen-bond donors (Lipinski definition) is 0. The van der Waals surface area contributed by atoms with Gasteiger partial charge in [-0.3, -0.25) is 0 Å². The quantitative estimate of drug-likeness (QED) is 0.641. The van der Waals surface area contributed by atoms with E-state index in [1.165, 1.54) is 0 Å². The largest absolute Gasteiger partial charge is 0.349 e. The highest BCUT2D eigenvalue weighted by molar-refractivity contribution is 6.36. The lowest BCUT2D eigenvalue weighted by Gasteiger charge is -2.23. The molecule has 2 aromatic heterocycles. The van der Waals surface area contributed by atoms with E-state index in [0.29, 0.717) is 10.0 Å². The number of hydrogen-bond acceptors (Lipinski definition) is 1. The smallest absolute Gasteiger partial charge is 0.103 e. The molecule has 0 fully saturated rings. The average molecular weight is 334 g/mol. The summed E-state index contributed by atoms with van der Waals surface area (Å²) in [6.07, 6.45) is 8.66. The third-order valence-corrected chi connectivity index (χ3v) is 4.36. The first-order valence-electron chi connectivity index (χ1n) is 7.28. The van der Waals surface area contributed by atoms with Gasteiger partial charge in [0.25, 0.3) is 0 Å². The molecule has 5 heteroatoms. The van der Waals surface area contributed by atoms with Gasteiger partial charge in [-0.15, -0.1) is 0 Å². The maximum absolute atomic E-state index is 6.46. The zero-order valence-electron chi connectivity index (χ0n) is 12.3. The zero-order valence-corrected chi connectivity index (χ0v) is 13.8. The molecule has 0 aliphatic carbocycles. The molecule has 3 aromatic rings. The third kappa shape index (κ3) is 2.79. The van der Waals surface area contributed by atoms with Gasteiger partial charge in [0.05, 0.1) is 6.33 Å². The van der Waals surface area contributed by atoms with Crippen LogP contribution in [0, 0.1) is 0 Å². The van der Waals surface area contributed by atoms with E-state index in [9.17, 15) is 0 Å². The van der Waals surface area contributed by atoms with Crippen LogP contribution >= 0.6 is 23.2 Å². The molecule has 1 aromatic carbocycles. The first kappa shape index (κ1) is 15.2. The van der Waals surface area contributed by atoms with Gasteiger partial charge in [-0.1, -0.05) is 36.2 Å². The van der Waals surface area contributed by atoms with Gasteiger partial charge in [-0.2, -0.15) is 0 Å². The molecule has 0 saturated carbocycles. The van der Waals surface area contributed by atoms with Gasteiger partial charge in [0.15, 0.2) is 0 Å². The predicted octanol–water partition coefficient (Wildman–Crippen LogP) is 5.04. The zero-order chi connectivity index (χ0) is 15.5. The van der Waals surface area contributed by atoms with Crippen molar-refractivity contribution in [2.45, 2.75) is 25.9 Å². The van der Waals surface area contributed by atoms with E-state index in [1.54, 1.807) is 12.5 Å². The topological polar surface area (TPSA) is 22.8 Å². The molecule has 0 aliphatic heterocycles. The maximum Gasteiger partial charge on any atom is 0.103 e. The molecule has 0 bridgehead atoms. The van der Waals surface area contributed by atoms with Crippen molar-refractivity contribution in [2.24, 2.45) is 0 Å². The van der Waals surface area contributed by atoms with Crippen LogP contribution in [0.25, 0.3) is 0 Å². The molecular weight excluding hydrogens is 317 g/mol. The first-order chi connectivity index (χ1) is 10.7. The van der Waals surface area contributed by atoms with Gasteiger partial charge in [-0.05, 0) is 30.7 Å². The molecule has 2 heterocycles. The van der Waals surface area contributed by atoms with Crippen molar-refractivity contribution in [3.63, 3.8) is 0 Å². The van der Waals surface area contributed by atoms with Crippen LogP contribution in [0.1, 0.15) is 30.6 Å². The van der Waals surface area contributed by atoms with E-state index in [-0.39, 0.29) is 6.04 Å². The molecule has 0 N–H and O–H groups in total. The fraction of sp³-hybridized carbons (Fsp3) is 0.235. The molecule has 0 spiro atoms. The molecule has 1 unspecified atom stereocenters. The Balaban J connectivity index is 2.19. The van der Waals surface area contributed by atoms with Gasteiger partial charge in [0, 0.05) is 46.4 Å². The van der Waals surface area contributed by atoms with Crippen LogP contribution in [0.4, 0.5) is 0 Å². The number of aryl methyl sites for hydroxylation is 1. The second kappa shape index (κ2) is 6.59. The minimum atomic E-state index is -0.0924. The van der Waals surface area contributed by atoms with Gasteiger partial charge >= 0.3 is 0 Å². The highest BCUT2D eigenvalue weighted by atomic mass is 35.5. The third-order valence-electron chi connectivity index (χ3n) is 3.71. The van der Waals surface area contributed by atoms with E-state index in [1.807, 2.05) is 29.0 Å². The number of aromatic nitrogens is 3. The summed E-state index contributed by atoms with van der Waals surface area (Å²) in [5.74, 6) is 0. The number of benzene rings is 1. The van der Waals surface area contributed by atoms with Crippen molar-refractivity contribution >= 4 is 23.2 Å². The monoisotopic (exact) mass is 333 g/mol. The Hall–Kier alpha value is -1.71.